The first kappa shape index (κ1) is 19.3. The zero-order valence-electron chi connectivity index (χ0n) is 15.1. The van der Waals surface area contributed by atoms with Gasteiger partial charge in [0.1, 0.15) is 10.2 Å². The molecule has 0 saturated heterocycles. The van der Waals surface area contributed by atoms with Crippen LogP contribution in [0, 0.1) is 6.92 Å². The minimum atomic E-state index is -0.277. The predicted octanol–water partition coefficient (Wildman–Crippen LogP) is 4.35. The van der Waals surface area contributed by atoms with Crippen molar-refractivity contribution in [1.29, 1.82) is 0 Å². The quantitative estimate of drug-likeness (QED) is 0.597. The Labute approximate surface area is 166 Å². The van der Waals surface area contributed by atoms with E-state index in [1.165, 1.54) is 17.4 Å². The van der Waals surface area contributed by atoms with Crippen LogP contribution < -0.4 is 5.32 Å². The van der Waals surface area contributed by atoms with E-state index in [4.69, 9.17) is 11.6 Å². The number of nitrogens with zero attached hydrogens (tertiary/aromatic N) is 4. The van der Waals surface area contributed by atoms with Gasteiger partial charge >= 0.3 is 0 Å². The third-order valence-corrected chi connectivity index (χ3v) is 5.14. The van der Waals surface area contributed by atoms with Gasteiger partial charge in [0, 0.05) is 18.1 Å². The summed E-state index contributed by atoms with van der Waals surface area (Å²) in [6, 6.07) is 9.96. The monoisotopic (exact) mass is 401 g/mol. The lowest BCUT2D eigenvalue weighted by molar-refractivity contribution is -0.111. The van der Waals surface area contributed by atoms with E-state index >= 15 is 0 Å². The summed E-state index contributed by atoms with van der Waals surface area (Å²) in [6.07, 6.45) is 4.96. The lowest BCUT2D eigenvalue weighted by Gasteiger charge is -2.03. The Kier molecular flexibility index (Phi) is 6.36. The molecule has 0 fully saturated rings. The lowest BCUT2D eigenvalue weighted by Crippen LogP contribution is -2.07. The Morgan fingerprint density at radius 1 is 1.30 bits per heavy atom. The van der Waals surface area contributed by atoms with Gasteiger partial charge < -0.3 is 0 Å². The number of amides is 1. The van der Waals surface area contributed by atoms with Crippen molar-refractivity contribution < 1.29 is 4.79 Å². The molecule has 0 unspecified atom stereocenters. The van der Waals surface area contributed by atoms with Crippen molar-refractivity contribution in [2.24, 2.45) is 0 Å². The minimum absolute atomic E-state index is 0.277. The lowest BCUT2D eigenvalue weighted by atomic mass is 10.2. The van der Waals surface area contributed by atoms with E-state index in [1.54, 1.807) is 10.8 Å². The molecule has 0 aliphatic rings. The van der Waals surface area contributed by atoms with Crippen LogP contribution in [0.2, 0.25) is 5.15 Å². The van der Waals surface area contributed by atoms with E-state index in [0.717, 1.165) is 34.7 Å². The molecule has 0 atom stereocenters. The molecule has 1 N–H and O–H groups in total. The van der Waals surface area contributed by atoms with Crippen LogP contribution in [0.25, 0.3) is 6.08 Å². The number of hydrogen-bond donors (Lipinski definition) is 1. The number of carbonyl (C=O) groups excluding carboxylic acids is 1. The van der Waals surface area contributed by atoms with Crippen LogP contribution in [0.3, 0.4) is 0 Å². The van der Waals surface area contributed by atoms with Gasteiger partial charge in [0.25, 0.3) is 0 Å². The van der Waals surface area contributed by atoms with Gasteiger partial charge in [-0.25, -0.2) is 4.68 Å². The highest BCUT2D eigenvalue weighted by Gasteiger charge is 2.12. The molecule has 2 heterocycles. The van der Waals surface area contributed by atoms with Crippen molar-refractivity contribution >= 4 is 40.1 Å². The maximum absolute atomic E-state index is 12.1. The number of anilines is 1. The second-order valence-electron chi connectivity index (χ2n) is 6.01. The second kappa shape index (κ2) is 8.92. The predicted molar refractivity (Wildman–Crippen MR) is 109 cm³/mol. The highest BCUT2D eigenvalue weighted by atomic mass is 35.5. The summed E-state index contributed by atoms with van der Waals surface area (Å²) in [5, 5.41) is 17.1. The Balaban J connectivity index is 1.68. The van der Waals surface area contributed by atoms with Crippen LogP contribution in [0.15, 0.2) is 36.4 Å². The van der Waals surface area contributed by atoms with Gasteiger partial charge in [-0.3, -0.25) is 10.1 Å². The van der Waals surface area contributed by atoms with Gasteiger partial charge in [-0.15, -0.1) is 10.2 Å². The number of rotatable bonds is 7. The summed E-state index contributed by atoms with van der Waals surface area (Å²) in [5.74, 6) is -0.277. The average Bonchev–Trinajstić information content (AvgIpc) is 3.19. The van der Waals surface area contributed by atoms with E-state index in [2.05, 4.69) is 27.5 Å². The molecule has 3 aromatic rings. The van der Waals surface area contributed by atoms with E-state index < -0.39 is 0 Å². The minimum Gasteiger partial charge on any atom is -0.297 e. The van der Waals surface area contributed by atoms with Crippen LogP contribution in [0.5, 0.6) is 0 Å². The topological polar surface area (TPSA) is 72.7 Å². The average molecular weight is 402 g/mol. The Bertz CT molecular complexity index is 948. The third-order valence-electron chi connectivity index (χ3n) is 3.85. The van der Waals surface area contributed by atoms with Gasteiger partial charge in [-0.05, 0) is 25.0 Å². The normalized spacial score (nSPS) is 11.2. The molecular formula is C19H20ClN5OS. The van der Waals surface area contributed by atoms with Crippen LogP contribution in [-0.2, 0) is 17.8 Å². The van der Waals surface area contributed by atoms with Gasteiger partial charge in [-0.1, -0.05) is 60.2 Å². The fourth-order valence-corrected chi connectivity index (χ4v) is 3.68. The van der Waals surface area contributed by atoms with Crippen molar-refractivity contribution in [3.05, 3.63) is 63.4 Å². The van der Waals surface area contributed by atoms with Crippen LogP contribution in [-0.4, -0.2) is 25.9 Å². The largest absolute Gasteiger partial charge is 0.297 e. The highest BCUT2D eigenvalue weighted by molar-refractivity contribution is 7.15. The maximum Gasteiger partial charge on any atom is 0.250 e. The summed E-state index contributed by atoms with van der Waals surface area (Å²) in [7, 11) is 0. The van der Waals surface area contributed by atoms with Crippen molar-refractivity contribution in [3.8, 4) is 0 Å². The fraction of sp³-hybridized carbons (Fsp3) is 0.263. The summed E-state index contributed by atoms with van der Waals surface area (Å²) >= 11 is 7.85. The Morgan fingerprint density at radius 2 is 2.07 bits per heavy atom. The summed E-state index contributed by atoms with van der Waals surface area (Å²) in [6.45, 7) is 4.52. The van der Waals surface area contributed by atoms with Crippen molar-refractivity contribution in [3.63, 3.8) is 0 Å². The fourth-order valence-electron chi connectivity index (χ4n) is 2.54. The number of aromatic nitrogens is 4. The molecule has 3 rings (SSSR count). The number of halogens is 1. The van der Waals surface area contributed by atoms with Gasteiger partial charge in [0.05, 0.1) is 12.2 Å². The molecule has 27 heavy (non-hydrogen) atoms. The van der Waals surface area contributed by atoms with Crippen molar-refractivity contribution in [2.45, 2.75) is 33.2 Å². The van der Waals surface area contributed by atoms with Gasteiger partial charge in [-0.2, -0.15) is 5.10 Å². The first-order valence-corrected chi connectivity index (χ1v) is 9.84. The molecule has 0 aliphatic heterocycles. The molecule has 140 valence electrons. The van der Waals surface area contributed by atoms with Crippen molar-refractivity contribution in [1.82, 2.24) is 20.0 Å². The summed E-state index contributed by atoms with van der Waals surface area (Å²) in [4.78, 5) is 12.1. The first-order chi connectivity index (χ1) is 13.1. The molecule has 8 heteroatoms. The smallest absolute Gasteiger partial charge is 0.250 e. The molecule has 6 nitrogen and oxygen atoms in total. The summed E-state index contributed by atoms with van der Waals surface area (Å²) < 4.78 is 1.73. The van der Waals surface area contributed by atoms with E-state index in [9.17, 15) is 4.79 Å². The third kappa shape index (κ3) is 5.02. The molecule has 0 aliphatic carbocycles. The van der Waals surface area contributed by atoms with E-state index in [1.807, 2.05) is 37.3 Å². The van der Waals surface area contributed by atoms with Gasteiger partial charge in [0.15, 0.2) is 0 Å². The Morgan fingerprint density at radius 3 is 2.81 bits per heavy atom. The van der Waals surface area contributed by atoms with Gasteiger partial charge in [0.2, 0.25) is 11.0 Å². The van der Waals surface area contributed by atoms with E-state index in [-0.39, 0.29) is 5.91 Å². The standard InChI is InChI=1S/C19H20ClN5OS/c1-3-7-17-22-23-19(27-17)21-16(26)11-10-15-13(2)24-25(18(15)20)12-14-8-5-4-6-9-14/h4-6,8-11H,3,7,12H2,1-2H3,(H,21,23,26)/b11-10+. The Hall–Kier alpha value is -2.51. The second-order valence-corrected chi connectivity index (χ2v) is 7.43. The molecule has 1 aromatic carbocycles. The molecule has 0 bridgehead atoms. The van der Waals surface area contributed by atoms with Crippen LogP contribution in [0.1, 0.15) is 35.2 Å². The molecular weight excluding hydrogens is 382 g/mol. The number of carbonyl (C=O) groups is 1. The van der Waals surface area contributed by atoms with Crippen molar-refractivity contribution in [2.75, 3.05) is 5.32 Å². The van der Waals surface area contributed by atoms with Crippen LogP contribution in [0.4, 0.5) is 5.13 Å². The zero-order chi connectivity index (χ0) is 19.2. The van der Waals surface area contributed by atoms with E-state index in [0.29, 0.717) is 16.8 Å². The SMILES string of the molecule is CCCc1nnc(NC(=O)/C=C/c2c(C)nn(Cc3ccccc3)c2Cl)s1. The summed E-state index contributed by atoms with van der Waals surface area (Å²) in [5.41, 5.74) is 2.60. The molecule has 0 radical (unpaired) electrons. The first-order valence-electron chi connectivity index (χ1n) is 8.65. The highest BCUT2D eigenvalue weighted by Crippen LogP contribution is 2.22. The zero-order valence-corrected chi connectivity index (χ0v) is 16.7. The van der Waals surface area contributed by atoms with Crippen LogP contribution >= 0.6 is 22.9 Å². The molecule has 2 aromatic heterocycles. The maximum atomic E-state index is 12.1. The number of nitrogens with one attached hydrogen (secondary N) is 1. The number of hydrogen-bond acceptors (Lipinski definition) is 5. The molecule has 0 saturated carbocycles. The number of aryl methyl sites for hydroxylation is 2. The molecule has 0 spiro atoms. The number of benzene rings is 1. The molecule has 1 amide bonds.